The molecule has 3 rings (SSSR count). The highest BCUT2D eigenvalue weighted by molar-refractivity contribution is 5.92. The number of nitrogens with one attached hydrogen (secondary N) is 1. The summed E-state index contributed by atoms with van der Waals surface area (Å²) in [7, 11) is 0. The maximum absolute atomic E-state index is 12.4. The van der Waals surface area contributed by atoms with Gasteiger partial charge in [0.15, 0.2) is 0 Å². The van der Waals surface area contributed by atoms with Crippen LogP contribution in [0.25, 0.3) is 0 Å². The number of carbonyl (C=O) groups excluding carboxylic acids is 1. The van der Waals surface area contributed by atoms with Crippen molar-refractivity contribution in [1.29, 1.82) is 0 Å². The molecule has 2 unspecified atom stereocenters. The van der Waals surface area contributed by atoms with Gasteiger partial charge < -0.3 is 15.0 Å². The lowest BCUT2D eigenvalue weighted by Crippen LogP contribution is -2.40. The van der Waals surface area contributed by atoms with Crippen LogP contribution in [-0.4, -0.2) is 43.2 Å². The van der Waals surface area contributed by atoms with Gasteiger partial charge in [-0.05, 0) is 56.8 Å². The van der Waals surface area contributed by atoms with Crippen LogP contribution >= 0.6 is 0 Å². The molecular formula is C21H32N2O2. The quantitative estimate of drug-likeness (QED) is 0.850. The molecule has 1 aromatic rings. The molecule has 2 fully saturated rings. The van der Waals surface area contributed by atoms with Gasteiger partial charge in [0.2, 0.25) is 5.91 Å². The predicted molar refractivity (Wildman–Crippen MR) is 102 cm³/mol. The van der Waals surface area contributed by atoms with Gasteiger partial charge in [0.25, 0.3) is 0 Å². The largest absolute Gasteiger partial charge is 0.377 e. The summed E-state index contributed by atoms with van der Waals surface area (Å²) in [5, 5.41) is 3.04. The second-order valence-electron chi connectivity index (χ2n) is 7.64. The van der Waals surface area contributed by atoms with Gasteiger partial charge in [-0.3, -0.25) is 4.79 Å². The second kappa shape index (κ2) is 9.35. The third-order valence-corrected chi connectivity index (χ3v) is 5.77. The zero-order chi connectivity index (χ0) is 17.5. The minimum absolute atomic E-state index is 0.135. The average molecular weight is 344 g/mol. The molecule has 0 radical (unpaired) electrons. The minimum atomic E-state index is 0.135. The fraction of sp³-hybridized carbons (Fsp3) is 0.667. The lowest BCUT2D eigenvalue weighted by molar-refractivity contribution is -0.121. The molecule has 1 saturated carbocycles. The average Bonchev–Trinajstić information content (AvgIpc) is 2.65. The summed E-state index contributed by atoms with van der Waals surface area (Å²) in [6, 6.07) is 9.74. The number of amides is 1. The maximum Gasteiger partial charge on any atom is 0.227 e. The van der Waals surface area contributed by atoms with Crippen LogP contribution in [0.2, 0.25) is 0 Å². The number of anilines is 1. The first kappa shape index (κ1) is 18.4. The van der Waals surface area contributed by atoms with Crippen LogP contribution < -0.4 is 5.32 Å². The summed E-state index contributed by atoms with van der Waals surface area (Å²) >= 11 is 0. The zero-order valence-corrected chi connectivity index (χ0v) is 15.5. The van der Waals surface area contributed by atoms with Gasteiger partial charge in [-0.15, -0.1) is 0 Å². The second-order valence-corrected chi connectivity index (χ2v) is 7.64. The normalized spacial score (nSPS) is 25.6. The van der Waals surface area contributed by atoms with E-state index < -0.39 is 0 Å². The molecule has 0 aromatic heterocycles. The number of hydrogen-bond acceptors (Lipinski definition) is 3. The van der Waals surface area contributed by atoms with Gasteiger partial charge in [-0.2, -0.15) is 0 Å². The Kier molecular flexibility index (Phi) is 6.88. The van der Waals surface area contributed by atoms with Gasteiger partial charge >= 0.3 is 0 Å². The van der Waals surface area contributed by atoms with E-state index in [1.807, 2.05) is 30.3 Å². The summed E-state index contributed by atoms with van der Waals surface area (Å²) < 4.78 is 6.13. The van der Waals surface area contributed by atoms with Crippen molar-refractivity contribution in [1.82, 2.24) is 4.90 Å². The fourth-order valence-corrected chi connectivity index (χ4v) is 4.05. The molecule has 0 bridgehead atoms. The van der Waals surface area contributed by atoms with Crippen molar-refractivity contribution < 1.29 is 9.53 Å². The number of piperidine rings is 1. The van der Waals surface area contributed by atoms with E-state index in [2.05, 4.69) is 17.1 Å². The van der Waals surface area contributed by atoms with Crippen LogP contribution in [-0.2, 0) is 9.53 Å². The Hall–Kier alpha value is -1.39. The van der Waals surface area contributed by atoms with E-state index in [1.54, 1.807) is 0 Å². The Labute approximate surface area is 151 Å². The fourth-order valence-electron chi connectivity index (χ4n) is 4.05. The first-order valence-electron chi connectivity index (χ1n) is 9.92. The first-order valence-corrected chi connectivity index (χ1v) is 9.92. The summed E-state index contributed by atoms with van der Waals surface area (Å²) in [4.78, 5) is 14.8. The monoisotopic (exact) mass is 344 g/mol. The van der Waals surface area contributed by atoms with Gasteiger partial charge in [0.05, 0.1) is 12.7 Å². The molecule has 1 aliphatic carbocycles. The van der Waals surface area contributed by atoms with Gasteiger partial charge in [0.1, 0.15) is 0 Å². The summed E-state index contributed by atoms with van der Waals surface area (Å²) in [6.45, 7) is 6.14. The van der Waals surface area contributed by atoms with E-state index in [0.717, 1.165) is 44.8 Å². The Morgan fingerprint density at radius 1 is 1.12 bits per heavy atom. The molecule has 4 heteroatoms. The number of rotatable bonds is 6. The lowest BCUT2D eigenvalue weighted by Gasteiger charge is -2.33. The molecule has 1 aromatic carbocycles. The van der Waals surface area contributed by atoms with Crippen molar-refractivity contribution in [3.05, 3.63) is 30.3 Å². The van der Waals surface area contributed by atoms with Crippen LogP contribution in [0.4, 0.5) is 5.69 Å². The Bertz CT molecular complexity index is 526. The van der Waals surface area contributed by atoms with Crippen LogP contribution in [0.15, 0.2) is 30.3 Å². The molecule has 138 valence electrons. The maximum atomic E-state index is 12.4. The van der Waals surface area contributed by atoms with Crippen molar-refractivity contribution in [2.24, 2.45) is 11.8 Å². The number of carbonyl (C=O) groups is 1. The highest BCUT2D eigenvalue weighted by atomic mass is 16.5. The number of likely N-dealkylation sites (tertiary alicyclic amines) is 1. The number of ether oxygens (including phenoxy) is 1. The first-order chi connectivity index (χ1) is 12.2. The molecule has 2 aliphatic rings. The lowest BCUT2D eigenvalue weighted by atomic mass is 9.88. The van der Waals surface area contributed by atoms with E-state index in [9.17, 15) is 4.79 Å². The van der Waals surface area contributed by atoms with Crippen molar-refractivity contribution in [2.75, 3.05) is 31.6 Å². The number of benzene rings is 1. The predicted octanol–water partition coefficient (Wildman–Crippen LogP) is 3.93. The van der Waals surface area contributed by atoms with E-state index in [1.165, 1.54) is 25.7 Å². The van der Waals surface area contributed by atoms with E-state index in [4.69, 9.17) is 4.74 Å². The van der Waals surface area contributed by atoms with Crippen molar-refractivity contribution >= 4 is 11.6 Å². The highest BCUT2D eigenvalue weighted by Gasteiger charge is 2.26. The number of nitrogens with zero attached hydrogens (tertiary/aromatic N) is 1. The standard InChI is InChI=1S/C21H32N2O2/c1-17-7-5-6-10-20(17)25-16-15-23-13-11-18(12-14-23)21(24)22-19-8-3-2-4-9-19/h2-4,8-9,17-18,20H,5-7,10-16H2,1H3,(H,22,24). The Balaban J connectivity index is 1.33. The molecule has 1 saturated heterocycles. The third-order valence-electron chi connectivity index (χ3n) is 5.77. The molecule has 1 amide bonds. The summed E-state index contributed by atoms with van der Waals surface area (Å²) in [5.74, 6) is 1.01. The molecule has 2 atom stereocenters. The molecule has 1 aliphatic heterocycles. The van der Waals surface area contributed by atoms with Crippen LogP contribution in [0.1, 0.15) is 45.4 Å². The highest BCUT2D eigenvalue weighted by Crippen LogP contribution is 2.26. The minimum Gasteiger partial charge on any atom is -0.377 e. The van der Waals surface area contributed by atoms with Gasteiger partial charge in [0, 0.05) is 18.2 Å². The molecule has 25 heavy (non-hydrogen) atoms. The van der Waals surface area contributed by atoms with Crippen LogP contribution in [0.3, 0.4) is 0 Å². The Morgan fingerprint density at radius 3 is 2.56 bits per heavy atom. The molecule has 0 spiro atoms. The number of para-hydroxylation sites is 1. The molecule has 1 heterocycles. The number of hydrogen-bond donors (Lipinski definition) is 1. The van der Waals surface area contributed by atoms with Gasteiger partial charge in [-0.25, -0.2) is 0 Å². The smallest absolute Gasteiger partial charge is 0.227 e. The SMILES string of the molecule is CC1CCCCC1OCCN1CCC(C(=O)Nc2ccccc2)CC1. The van der Waals surface area contributed by atoms with Crippen LogP contribution in [0, 0.1) is 11.8 Å². The summed E-state index contributed by atoms with van der Waals surface area (Å²) in [6.07, 6.45) is 7.56. The van der Waals surface area contributed by atoms with E-state index in [0.29, 0.717) is 12.0 Å². The topological polar surface area (TPSA) is 41.6 Å². The van der Waals surface area contributed by atoms with Crippen molar-refractivity contribution in [2.45, 2.75) is 51.6 Å². The van der Waals surface area contributed by atoms with E-state index >= 15 is 0 Å². The molecular weight excluding hydrogens is 312 g/mol. The van der Waals surface area contributed by atoms with Crippen LogP contribution in [0.5, 0.6) is 0 Å². The summed E-state index contributed by atoms with van der Waals surface area (Å²) in [5.41, 5.74) is 0.893. The van der Waals surface area contributed by atoms with E-state index in [-0.39, 0.29) is 11.8 Å². The van der Waals surface area contributed by atoms with Crippen molar-refractivity contribution in [3.8, 4) is 0 Å². The Morgan fingerprint density at radius 2 is 1.84 bits per heavy atom. The third kappa shape index (κ3) is 5.55. The molecule has 1 N–H and O–H groups in total. The zero-order valence-electron chi connectivity index (χ0n) is 15.5. The van der Waals surface area contributed by atoms with Crippen molar-refractivity contribution in [3.63, 3.8) is 0 Å². The molecule has 4 nitrogen and oxygen atoms in total. The van der Waals surface area contributed by atoms with Gasteiger partial charge in [-0.1, -0.05) is 38.0 Å².